The number of hydrogen-bond donors (Lipinski definition) is 2. The summed E-state index contributed by atoms with van der Waals surface area (Å²) in [6.07, 6.45) is 0. The zero-order chi connectivity index (χ0) is 21.3. The van der Waals surface area contributed by atoms with Crippen LogP contribution in [0.1, 0.15) is 20.7 Å². The van der Waals surface area contributed by atoms with Crippen LogP contribution >= 0.6 is 0 Å². The third-order valence-corrected chi connectivity index (χ3v) is 4.56. The van der Waals surface area contributed by atoms with Gasteiger partial charge in [-0.05, 0) is 35.4 Å². The predicted molar refractivity (Wildman–Crippen MR) is 116 cm³/mol. The minimum absolute atomic E-state index is 0.188. The SMILES string of the molecule is COc1cc(OC)cc(C(=O)NCCNC(=O)c2ccc(-c3ccccc3)cc2)c1. The van der Waals surface area contributed by atoms with E-state index in [0.29, 0.717) is 35.7 Å². The molecule has 0 atom stereocenters. The predicted octanol–water partition coefficient (Wildman–Crippen LogP) is 3.53. The van der Waals surface area contributed by atoms with E-state index >= 15 is 0 Å². The maximum atomic E-state index is 12.3. The topological polar surface area (TPSA) is 76.7 Å². The molecule has 6 heteroatoms. The van der Waals surface area contributed by atoms with E-state index in [9.17, 15) is 9.59 Å². The minimum Gasteiger partial charge on any atom is -0.497 e. The number of rotatable bonds is 8. The molecular weight excluding hydrogens is 380 g/mol. The van der Waals surface area contributed by atoms with Gasteiger partial charge in [0.2, 0.25) is 0 Å². The van der Waals surface area contributed by atoms with Gasteiger partial charge in [-0.1, -0.05) is 42.5 Å². The lowest BCUT2D eigenvalue weighted by atomic mass is 10.0. The molecule has 0 bridgehead atoms. The van der Waals surface area contributed by atoms with E-state index in [1.54, 1.807) is 30.3 Å². The van der Waals surface area contributed by atoms with Crippen molar-refractivity contribution in [2.45, 2.75) is 0 Å². The van der Waals surface area contributed by atoms with Gasteiger partial charge in [0, 0.05) is 30.3 Å². The van der Waals surface area contributed by atoms with Gasteiger partial charge in [0.05, 0.1) is 14.2 Å². The summed E-state index contributed by atoms with van der Waals surface area (Å²) in [5.41, 5.74) is 3.14. The summed E-state index contributed by atoms with van der Waals surface area (Å²) in [6.45, 7) is 0.609. The monoisotopic (exact) mass is 404 g/mol. The van der Waals surface area contributed by atoms with E-state index in [2.05, 4.69) is 10.6 Å². The zero-order valence-electron chi connectivity index (χ0n) is 17.0. The number of carbonyl (C=O) groups excluding carboxylic acids is 2. The van der Waals surface area contributed by atoms with Gasteiger partial charge in [-0.2, -0.15) is 0 Å². The standard InChI is InChI=1S/C24H24N2O4/c1-29-21-14-20(15-22(16-21)30-2)24(28)26-13-12-25-23(27)19-10-8-18(9-11-19)17-6-4-3-5-7-17/h3-11,14-16H,12-13H2,1-2H3,(H,25,27)(H,26,28). The van der Waals surface area contributed by atoms with Gasteiger partial charge in [0.1, 0.15) is 11.5 Å². The van der Waals surface area contributed by atoms with Crippen molar-refractivity contribution in [3.8, 4) is 22.6 Å². The second kappa shape index (κ2) is 10.1. The summed E-state index contributed by atoms with van der Waals surface area (Å²) < 4.78 is 10.3. The van der Waals surface area contributed by atoms with Crippen molar-refractivity contribution in [1.82, 2.24) is 10.6 Å². The number of benzene rings is 3. The molecule has 0 aliphatic heterocycles. The maximum absolute atomic E-state index is 12.3. The van der Waals surface area contributed by atoms with Crippen LogP contribution in [0.25, 0.3) is 11.1 Å². The average Bonchev–Trinajstić information content (AvgIpc) is 2.81. The molecule has 30 heavy (non-hydrogen) atoms. The molecule has 0 aliphatic carbocycles. The second-order valence-corrected chi connectivity index (χ2v) is 6.56. The lowest BCUT2D eigenvalue weighted by molar-refractivity contribution is 0.0927. The van der Waals surface area contributed by atoms with Gasteiger partial charge in [0.15, 0.2) is 0 Å². The summed E-state index contributed by atoms with van der Waals surface area (Å²) in [6, 6.07) is 22.3. The zero-order valence-corrected chi connectivity index (χ0v) is 17.0. The normalized spacial score (nSPS) is 10.2. The molecule has 154 valence electrons. The first-order valence-electron chi connectivity index (χ1n) is 9.55. The highest BCUT2D eigenvalue weighted by molar-refractivity contribution is 5.96. The van der Waals surface area contributed by atoms with Crippen LogP contribution in [0.3, 0.4) is 0 Å². The number of amides is 2. The summed E-state index contributed by atoms with van der Waals surface area (Å²) >= 11 is 0. The molecule has 0 aromatic heterocycles. The Labute approximate surface area is 175 Å². The lowest BCUT2D eigenvalue weighted by Gasteiger charge is -2.10. The second-order valence-electron chi connectivity index (χ2n) is 6.56. The van der Waals surface area contributed by atoms with Crippen molar-refractivity contribution in [3.63, 3.8) is 0 Å². The van der Waals surface area contributed by atoms with Crippen molar-refractivity contribution in [2.24, 2.45) is 0 Å². The first-order chi connectivity index (χ1) is 14.6. The van der Waals surface area contributed by atoms with Crippen LogP contribution in [0.2, 0.25) is 0 Å². The summed E-state index contributed by atoms with van der Waals surface area (Å²) in [5, 5.41) is 5.58. The van der Waals surface area contributed by atoms with Gasteiger partial charge >= 0.3 is 0 Å². The first kappa shape index (κ1) is 20.9. The van der Waals surface area contributed by atoms with Gasteiger partial charge in [-0.3, -0.25) is 9.59 Å². The molecule has 0 unspecified atom stereocenters. The molecule has 3 rings (SSSR count). The summed E-state index contributed by atoms with van der Waals surface area (Å²) in [4.78, 5) is 24.7. The molecule has 6 nitrogen and oxygen atoms in total. The molecule has 2 N–H and O–H groups in total. The van der Waals surface area contributed by atoms with Gasteiger partial charge < -0.3 is 20.1 Å². The van der Waals surface area contributed by atoms with E-state index < -0.39 is 0 Å². The third-order valence-electron chi connectivity index (χ3n) is 4.56. The average molecular weight is 404 g/mol. The molecule has 0 fully saturated rings. The van der Waals surface area contributed by atoms with Crippen molar-refractivity contribution >= 4 is 11.8 Å². The van der Waals surface area contributed by atoms with Gasteiger partial charge in [-0.25, -0.2) is 0 Å². The van der Waals surface area contributed by atoms with Crippen LogP contribution in [0, 0.1) is 0 Å². The molecule has 0 spiro atoms. The van der Waals surface area contributed by atoms with E-state index in [1.807, 2.05) is 42.5 Å². The Hall–Kier alpha value is -3.80. The van der Waals surface area contributed by atoms with E-state index in [1.165, 1.54) is 14.2 Å². The maximum Gasteiger partial charge on any atom is 0.251 e. The fourth-order valence-electron chi connectivity index (χ4n) is 2.94. The highest BCUT2D eigenvalue weighted by Gasteiger charge is 2.10. The Morgan fingerprint density at radius 3 is 1.70 bits per heavy atom. The highest BCUT2D eigenvalue weighted by Crippen LogP contribution is 2.22. The Morgan fingerprint density at radius 1 is 0.667 bits per heavy atom. The number of hydrogen-bond acceptors (Lipinski definition) is 4. The molecule has 3 aromatic carbocycles. The quantitative estimate of drug-likeness (QED) is 0.563. The Morgan fingerprint density at radius 2 is 1.17 bits per heavy atom. The van der Waals surface area contributed by atoms with Crippen LogP contribution in [0.5, 0.6) is 11.5 Å². The van der Waals surface area contributed by atoms with Crippen molar-refractivity contribution in [2.75, 3.05) is 27.3 Å². The van der Waals surface area contributed by atoms with Gasteiger partial charge in [0.25, 0.3) is 11.8 Å². The molecule has 2 amide bonds. The third kappa shape index (κ3) is 5.38. The molecule has 0 saturated carbocycles. The van der Waals surface area contributed by atoms with Crippen LogP contribution in [0.4, 0.5) is 0 Å². The lowest BCUT2D eigenvalue weighted by Crippen LogP contribution is -2.34. The van der Waals surface area contributed by atoms with E-state index in [0.717, 1.165) is 11.1 Å². The van der Waals surface area contributed by atoms with Crippen molar-refractivity contribution < 1.29 is 19.1 Å². The fraction of sp³-hybridized carbons (Fsp3) is 0.167. The number of methoxy groups -OCH3 is 2. The Balaban J connectivity index is 1.49. The highest BCUT2D eigenvalue weighted by atomic mass is 16.5. The fourth-order valence-corrected chi connectivity index (χ4v) is 2.94. The molecule has 0 radical (unpaired) electrons. The largest absolute Gasteiger partial charge is 0.497 e. The number of nitrogens with one attached hydrogen (secondary N) is 2. The summed E-state index contributed by atoms with van der Waals surface area (Å²) in [7, 11) is 3.05. The van der Waals surface area contributed by atoms with Crippen LogP contribution < -0.4 is 20.1 Å². The number of ether oxygens (including phenoxy) is 2. The minimum atomic E-state index is -0.270. The molecule has 0 aliphatic rings. The first-order valence-corrected chi connectivity index (χ1v) is 9.55. The number of carbonyl (C=O) groups is 2. The van der Waals surface area contributed by atoms with E-state index in [-0.39, 0.29) is 11.8 Å². The molecule has 0 saturated heterocycles. The summed E-state index contributed by atoms with van der Waals surface area (Å²) in [5.74, 6) is 0.610. The molecule has 3 aromatic rings. The van der Waals surface area contributed by atoms with Crippen LogP contribution in [-0.2, 0) is 0 Å². The van der Waals surface area contributed by atoms with Crippen molar-refractivity contribution in [3.05, 3.63) is 83.9 Å². The van der Waals surface area contributed by atoms with Gasteiger partial charge in [-0.15, -0.1) is 0 Å². The smallest absolute Gasteiger partial charge is 0.251 e. The van der Waals surface area contributed by atoms with Crippen LogP contribution in [0.15, 0.2) is 72.8 Å². The molecule has 0 heterocycles. The van der Waals surface area contributed by atoms with Crippen molar-refractivity contribution in [1.29, 1.82) is 0 Å². The Bertz CT molecular complexity index is 979. The molecular formula is C24H24N2O4. The Kier molecular flexibility index (Phi) is 7.05. The van der Waals surface area contributed by atoms with Crippen LogP contribution in [-0.4, -0.2) is 39.1 Å². The van der Waals surface area contributed by atoms with E-state index in [4.69, 9.17) is 9.47 Å².